The van der Waals surface area contributed by atoms with Crippen LogP contribution in [-0.4, -0.2) is 45.0 Å². The highest BCUT2D eigenvalue weighted by Crippen LogP contribution is 2.41. The monoisotopic (exact) mass is 609 g/mol. The number of fused-ring (bicyclic) bond motifs is 1. The molecule has 2 aliphatic rings. The van der Waals surface area contributed by atoms with Crippen LogP contribution in [0.5, 0.6) is 11.5 Å². The summed E-state index contributed by atoms with van der Waals surface area (Å²) < 4.78 is 5.70. The third-order valence-corrected chi connectivity index (χ3v) is 8.30. The van der Waals surface area contributed by atoms with Crippen molar-refractivity contribution < 1.29 is 28.8 Å². The third kappa shape index (κ3) is 5.86. The molecule has 3 aromatic carbocycles. The number of hydrazine groups is 1. The van der Waals surface area contributed by atoms with Crippen molar-refractivity contribution in [3.8, 4) is 11.5 Å². The molecular formula is C30H25Cl2N3O7. The molecule has 0 aromatic heterocycles. The average molecular weight is 610 g/mol. The Morgan fingerprint density at radius 1 is 0.905 bits per heavy atom. The molecule has 1 aliphatic carbocycles. The summed E-state index contributed by atoms with van der Waals surface area (Å²) in [6.45, 7) is 1.45. The number of hydrogen-bond donors (Lipinski definition) is 0. The van der Waals surface area contributed by atoms with E-state index in [-0.39, 0.29) is 32.8 Å². The van der Waals surface area contributed by atoms with Gasteiger partial charge >= 0.3 is 0 Å². The molecule has 1 saturated carbocycles. The highest BCUT2D eigenvalue weighted by atomic mass is 35.5. The standard InChI is InChI=1S/C30H25Cl2N3O7/c1-17-2-12-23-24(14-17)30(39)34(29(23)38)33(28(37)19-5-13-25(31)26(32)15-19)16-27(36)18-3-8-21(9-4-18)42-22-10-6-20(7-11-22)35(40)41/h3-11,13,15,17,23-24H,2,12,14,16H2,1H3/t17-,23+,24-/m1/s1. The molecule has 3 amide bonds. The molecule has 0 spiro atoms. The largest absolute Gasteiger partial charge is 0.457 e. The van der Waals surface area contributed by atoms with E-state index >= 15 is 0 Å². The summed E-state index contributed by atoms with van der Waals surface area (Å²) in [6, 6.07) is 15.7. The Labute approximate surface area is 250 Å². The highest BCUT2D eigenvalue weighted by molar-refractivity contribution is 6.42. The molecule has 12 heteroatoms. The van der Waals surface area contributed by atoms with Crippen molar-refractivity contribution in [3.63, 3.8) is 0 Å². The molecule has 42 heavy (non-hydrogen) atoms. The van der Waals surface area contributed by atoms with Crippen LogP contribution in [-0.2, 0) is 9.59 Å². The van der Waals surface area contributed by atoms with Gasteiger partial charge < -0.3 is 4.74 Å². The zero-order chi connectivity index (χ0) is 30.1. The molecule has 0 unspecified atom stereocenters. The second-order valence-electron chi connectivity index (χ2n) is 10.4. The number of hydrogen-bond acceptors (Lipinski definition) is 7. The number of non-ortho nitro benzene ring substituents is 1. The minimum absolute atomic E-state index is 0.0629. The third-order valence-electron chi connectivity index (χ3n) is 7.56. The van der Waals surface area contributed by atoms with Gasteiger partial charge in [-0.25, -0.2) is 5.01 Å². The van der Waals surface area contributed by atoms with Gasteiger partial charge in [-0.3, -0.25) is 29.3 Å². The molecule has 216 valence electrons. The Bertz CT molecular complexity index is 1580. The average Bonchev–Trinajstić information content (AvgIpc) is 3.21. The molecule has 0 bridgehead atoms. The molecule has 1 heterocycles. The molecule has 3 aromatic rings. The van der Waals surface area contributed by atoms with Crippen LogP contribution in [0.25, 0.3) is 0 Å². The van der Waals surface area contributed by atoms with Crippen molar-refractivity contribution in [2.75, 3.05) is 6.54 Å². The SMILES string of the molecule is C[C@@H]1CC[C@@H]2C(=O)N(N(CC(=O)c3ccc(Oc4ccc([N+](=O)[O-])cc4)cc3)C(=O)c3ccc(Cl)c(Cl)c3)C(=O)[C@@H]2C1. The maximum Gasteiger partial charge on any atom is 0.273 e. The van der Waals surface area contributed by atoms with Gasteiger partial charge in [0.1, 0.15) is 18.0 Å². The summed E-state index contributed by atoms with van der Waals surface area (Å²) in [4.78, 5) is 64.4. The van der Waals surface area contributed by atoms with E-state index in [9.17, 15) is 29.3 Å². The summed E-state index contributed by atoms with van der Waals surface area (Å²) in [6.07, 6.45) is 1.86. The first-order chi connectivity index (χ1) is 20.0. The van der Waals surface area contributed by atoms with Gasteiger partial charge in [-0.05, 0) is 79.8 Å². The smallest absolute Gasteiger partial charge is 0.273 e. The van der Waals surface area contributed by atoms with Crippen molar-refractivity contribution in [3.05, 3.63) is 98.0 Å². The fraction of sp³-hybridized carbons (Fsp3) is 0.267. The van der Waals surface area contributed by atoms with E-state index in [1.807, 2.05) is 6.92 Å². The van der Waals surface area contributed by atoms with Crippen LogP contribution in [0.4, 0.5) is 5.69 Å². The number of imide groups is 1. The predicted octanol–water partition coefficient (Wildman–Crippen LogP) is 6.36. The van der Waals surface area contributed by atoms with E-state index < -0.39 is 46.8 Å². The van der Waals surface area contributed by atoms with Crippen molar-refractivity contribution >= 4 is 52.4 Å². The number of ketones is 1. The summed E-state index contributed by atoms with van der Waals surface area (Å²) in [7, 11) is 0. The Kier molecular flexibility index (Phi) is 8.29. The summed E-state index contributed by atoms with van der Waals surface area (Å²) in [5, 5.41) is 12.9. The van der Waals surface area contributed by atoms with E-state index in [0.29, 0.717) is 24.3 Å². The lowest BCUT2D eigenvalue weighted by Gasteiger charge is -2.30. The Morgan fingerprint density at radius 3 is 2.12 bits per heavy atom. The lowest BCUT2D eigenvalue weighted by atomic mass is 9.76. The fourth-order valence-corrected chi connectivity index (χ4v) is 5.63. The molecule has 10 nitrogen and oxygen atoms in total. The fourth-order valence-electron chi connectivity index (χ4n) is 5.33. The van der Waals surface area contributed by atoms with Crippen LogP contribution in [0, 0.1) is 27.9 Å². The summed E-state index contributed by atoms with van der Waals surface area (Å²) >= 11 is 12.1. The van der Waals surface area contributed by atoms with Crippen molar-refractivity contribution in [1.29, 1.82) is 0 Å². The maximum atomic E-state index is 13.7. The van der Waals surface area contributed by atoms with Gasteiger partial charge in [0.25, 0.3) is 23.4 Å². The van der Waals surface area contributed by atoms with Gasteiger partial charge in [0, 0.05) is 23.3 Å². The topological polar surface area (TPSA) is 127 Å². The van der Waals surface area contributed by atoms with E-state index in [0.717, 1.165) is 16.4 Å². The minimum atomic E-state index is -0.742. The van der Waals surface area contributed by atoms with Crippen LogP contribution >= 0.6 is 23.2 Å². The van der Waals surface area contributed by atoms with Gasteiger partial charge in [-0.1, -0.05) is 30.1 Å². The zero-order valence-corrected chi connectivity index (χ0v) is 23.9. The van der Waals surface area contributed by atoms with Crippen LogP contribution in [0.3, 0.4) is 0 Å². The number of nitro groups is 1. The molecule has 1 aliphatic heterocycles. The summed E-state index contributed by atoms with van der Waals surface area (Å²) in [5.41, 5.74) is 0.197. The number of benzene rings is 3. The van der Waals surface area contributed by atoms with Gasteiger partial charge in [0.2, 0.25) is 0 Å². The van der Waals surface area contributed by atoms with E-state index in [2.05, 4.69) is 0 Å². The highest BCUT2D eigenvalue weighted by Gasteiger charge is 2.52. The van der Waals surface area contributed by atoms with Gasteiger partial charge in [-0.15, -0.1) is 0 Å². The number of rotatable bonds is 8. The number of amides is 3. The first-order valence-corrected chi connectivity index (χ1v) is 14.0. The molecular weight excluding hydrogens is 585 g/mol. The number of carbonyl (C=O) groups excluding carboxylic acids is 4. The number of nitro benzene ring substituents is 1. The van der Waals surface area contributed by atoms with Crippen molar-refractivity contribution in [2.45, 2.75) is 26.2 Å². The van der Waals surface area contributed by atoms with Crippen LogP contribution in [0.1, 0.15) is 46.9 Å². The zero-order valence-electron chi connectivity index (χ0n) is 22.4. The number of nitrogens with zero attached hydrogens (tertiary/aromatic N) is 3. The molecule has 5 rings (SSSR count). The first kappa shape index (κ1) is 29.2. The Hall–Kier alpha value is -4.28. The van der Waals surface area contributed by atoms with Crippen LogP contribution in [0.2, 0.25) is 10.0 Å². The molecule has 2 fully saturated rings. The van der Waals surface area contributed by atoms with Gasteiger partial charge in [-0.2, -0.15) is 5.01 Å². The number of halogens is 2. The Morgan fingerprint density at radius 2 is 1.50 bits per heavy atom. The number of ether oxygens (including phenoxy) is 1. The van der Waals surface area contributed by atoms with Gasteiger partial charge in [0.15, 0.2) is 5.78 Å². The van der Waals surface area contributed by atoms with E-state index in [1.165, 1.54) is 66.7 Å². The van der Waals surface area contributed by atoms with Crippen LogP contribution in [0.15, 0.2) is 66.7 Å². The van der Waals surface area contributed by atoms with Crippen molar-refractivity contribution in [1.82, 2.24) is 10.0 Å². The van der Waals surface area contributed by atoms with E-state index in [4.69, 9.17) is 27.9 Å². The molecule has 0 N–H and O–H groups in total. The second kappa shape index (κ2) is 11.9. The molecule has 1 saturated heterocycles. The van der Waals surface area contributed by atoms with E-state index in [1.54, 1.807) is 0 Å². The maximum absolute atomic E-state index is 13.7. The lowest BCUT2D eigenvalue weighted by Crippen LogP contribution is -2.52. The minimum Gasteiger partial charge on any atom is -0.457 e. The molecule has 0 radical (unpaired) electrons. The quantitative estimate of drug-likeness (QED) is 0.126. The number of carbonyl (C=O) groups is 4. The Balaban J connectivity index is 1.39. The number of Topliss-reactive ketones (excluding diaryl/α,β-unsaturated/α-hetero) is 1. The van der Waals surface area contributed by atoms with Crippen LogP contribution < -0.4 is 4.74 Å². The molecule has 3 atom stereocenters. The first-order valence-electron chi connectivity index (χ1n) is 13.2. The second-order valence-corrected chi connectivity index (χ2v) is 11.2. The van der Waals surface area contributed by atoms with Gasteiger partial charge in [0.05, 0.1) is 26.8 Å². The summed E-state index contributed by atoms with van der Waals surface area (Å²) in [5.74, 6) is -2.35. The van der Waals surface area contributed by atoms with Crippen molar-refractivity contribution in [2.24, 2.45) is 17.8 Å². The normalized spacial score (nSPS) is 19.8. The lowest BCUT2D eigenvalue weighted by molar-refractivity contribution is -0.384. The predicted molar refractivity (Wildman–Crippen MR) is 153 cm³/mol.